The molecule has 6 nitrogen and oxygen atoms in total. The summed E-state index contributed by atoms with van der Waals surface area (Å²) in [5, 5.41) is 0.0214. The Morgan fingerprint density at radius 1 is 1.21 bits per heavy atom. The number of hydrogen-bond acceptors (Lipinski definition) is 4. The van der Waals surface area contributed by atoms with Crippen LogP contribution in [0.5, 0.6) is 0 Å². The molecule has 3 N–H and O–H groups in total. The largest absolute Gasteiger partial charge is 0.449 e. The summed E-state index contributed by atoms with van der Waals surface area (Å²) in [7, 11) is -4.14. The van der Waals surface area contributed by atoms with Crippen LogP contribution in [0.3, 0.4) is 0 Å². The first kappa shape index (κ1) is 16.3. The zero-order valence-electron chi connectivity index (χ0n) is 11.9. The number of rotatable bonds is 4. The number of halogens is 2. The molecule has 24 heavy (non-hydrogen) atoms. The van der Waals surface area contributed by atoms with Gasteiger partial charge in [-0.05, 0) is 30.3 Å². The highest BCUT2D eigenvalue weighted by molar-refractivity contribution is 7.92. The number of para-hydroxylation sites is 1. The Balaban J connectivity index is 2.13. The van der Waals surface area contributed by atoms with E-state index in [0.29, 0.717) is 11.0 Å². The van der Waals surface area contributed by atoms with Gasteiger partial charge in [-0.1, -0.05) is 23.7 Å². The molecule has 0 spiro atoms. The highest BCUT2D eigenvalue weighted by atomic mass is 35.5. The summed E-state index contributed by atoms with van der Waals surface area (Å²) in [6.45, 7) is 0. The number of primary amides is 1. The summed E-state index contributed by atoms with van der Waals surface area (Å²) in [6, 6.07) is 9.39. The molecule has 0 atom stereocenters. The molecule has 0 aliphatic carbocycles. The third-order valence-electron chi connectivity index (χ3n) is 3.26. The second kappa shape index (κ2) is 5.81. The van der Waals surface area contributed by atoms with E-state index in [1.807, 2.05) is 0 Å². The van der Waals surface area contributed by atoms with Crippen molar-refractivity contribution in [3.63, 3.8) is 0 Å². The van der Waals surface area contributed by atoms with E-state index in [2.05, 4.69) is 4.72 Å². The number of benzene rings is 2. The van der Waals surface area contributed by atoms with Crippen LogP contribution in [0.1, 0.15) is 10.6 Å². The van der Waals surface area contributed by atoms with Crippen LogP contribution in [0.25, 0.3) is 11.0 Å². The second-order valence-electron chi connectivity index (χ2n) is 4.85. The summed E-state index contributed by atoms with van der Waals surface area (Å²) in [5.41, 5.74) is 5.45. The van der Waals surface area contributed by atoms with E-state index in [0.717, 1.165) is 18.2 Å². The highest BCUT2D eigenvalue weighted by Crippen LogP contribution is 2.32. The first-order valence-electron chi connectivity index (χ1n) is 6.59. The number of fused-ring (bicyclic) bond motifs is 1. The van der Waals surface area contributed by atoms with E-state index in [4.69, 9.17) is 21.8 Å². The van der Waals surface area contributed by atoms with Crippen molar-refractivity contribution in [1.29, 1.82) is 0 Å². The van der Waals surface area contributed by atoms with Crippen molar-refractivity contribution < 1.29 is 22.0 Å². The quantitative estimate of drug-likeness (QED) is 0.738. The number of nitrogens with two attached hydrogens (primary N) is 1. The lowest BCUT2D eigenvalue weighted by molar-refractivity contribution is 0.0977. The van der Waals surface area contributed by atoms with Crippen molar-refractivity contribution in [2.24, 2.45) is 5.73 Å². The van der Waals surface area contributed by atoms with E-state index >= 15 is 0 Å². The SMILES string of the molecule is NC(=O)c1oc2ccccc2c1NS(=O)(=O)c1ccc(F)c(Cl)c1. The molecule has 0 fully saturated rings. The Kier molecular flexibility index (Phi) is 3.94. The van der Waals surface area contributed by atoms with E-state index in [9.17, 15) is 17.6 Å². The summed E-state index contributed by atoms with van der Waals surface area (Å²) in [5.74, 6) is -2.00. The maximum Gasteiger partial charge on any atom is 0.286 e. The van der Waals surface area contributed by atoms with Gasteiger partial charge in [-0.2, -0.15) is 0 Å². The molecule has 3 rings (SSSR count). The molecule has 3 aromatic rings. The fourth-order valence-corrected chi connectivity index (χ4v) is 3.51. The van der Waals surface area contributed by atoms with Gasteiger partial charge in [0.2, 0.25) is 5.76 Å². The zero-order chi connectivity index (χ0) is 17.5. The molecule has 1 amide bonds. The molecule has 9 heteroatoms. The number of amides is 1. The Bertz CT molecular complexity index is 1060. The number of sulfonamides is 1. The topological polar surface area (TPSA) is 102 Å². The molecule has 0 unspecified atom stereocenters. The summed E-state index contributed by atoms with van der Waals surface area (Å²) < 4.78 is 45.8. The second-order valence-corrected chi connectivity index (χ2v) is 6.94. The molecule has 0 saturated heterocycles. The molecular weight excluding hydrogens is 359 g/mol. The average Bonchev–Trinajstić information content (AvgIpc) is 2.88. The number of hydrogen-bond donors (Lipinski definition) is 2. The van der Waals surface area contributed by atoms with Crippen molar-refractivity contribution in [1.82, 2.24) is 0 Å². The Morgan fingerprint density at radius 2 is 1.92 bits per heavy atom. The monoisotopic (exact) mass is 368 g/mol. The van der Waals surface area contributed by atoms with E-state index in [1.165, 1.54) is 0 Å². The number of anilines is 1. The molecule has 0 bridgehead atoms. The predicted molar refractivity (Wildman–Crippen MR) is 87.0 cm³/mol. The van der Waals surface area contributed by atoms with Crippen molar-refractivity contribution >= 4 is 44.2 Å². The van der Waals surface area contributed by atoms with Crippen LogP contribution in [0.4, 0.5) is 10.1 Å². The van der Waals surface area contributed by atoms with Gasteiger partial charge in [0, 0.05) is 5.39 Å². The van der Waals surface area contributed by atoms with Crippen LogP contribution in [0.2, 0.25) is 5.02 Å². The van der Waals surface area contributed by atoms with Crippen LogP contribution >= 0.6 is 11.6 Å². The average molecular weight is 369 g/mol. The van der Waals surface area contributed by atoms with Crippen LogP contribution in [-0.2, 0) is 10.0 Å². The number of carbonyl (C=O) groups excluding carboxylic acids is 1. The van der Waals surface area contributed by atoms with Crippen LogP contribution in [-0.4, -0.2) is 14.3 Å². The highest BCUT2D eigenvalue weighted by Gasteiger charge is 2.24. The van der Waals surface area contributed by atoms with E-state index in [1.54, 1.807) is 24.3 Å². The summed E-state index contributed by atoms with van der Waals surface area (Å²) >= 11 is 5.62. The molecule has 124 valence electrons. The fraction of sp³-hybridized carbons (Fsp3) is 0. The Hall–Kier alpha value is -2.58. The zero-order valence-corrected chi connectivity index (χ0v) is 13.5. The first-order valence-corrected chi connectivity index (χ1v) is 8.45. The minimum atomic E-state index is -4.14. The maximum absolute atomic E-state index is 13.2. The van der Waals surface area contributed by atoms with Crippen molar-refractivity contribution in [3.8, 4) is 0 Å². The molecule has 0 saturated carbocycles. The van der Waals surface area contributed by atoms with Gasteiger partial charge in [-0.25, -0.2) is 12.8 Å². The van der Waals surface area contributed by atoms with Gasteiger partial charge in [0.25, 0.3) is 15.9 Å². The van der Waals surface area contributed by atoms with Gasteiger partial charge in [0.05, 0.1) is 9.92 Å². The fourth-order valence-electron chi connectivity index (χ4n) is 2.16. The minimum absolute atomic E-state index is 0.0847. The van der Waals surface area contributed by atoms with Gasteiger partial charge in [-0.15, -0.1) is 0 Å². The maximum atomic E-state index is 13.2. The molecule has 0 aliphatic heterocycles. The molecule has 2 aromatic carbocycles. The normalized spacial score (nSPS) is 11.6. The molecular formula is C15H10ClFN2O4S. The van der Waals surface area contributed by atoms with Gasteiger partial charge >= 0.3 is 0 Å². The van der Waals surface area contributed by atoms with Gasteiger partial charge in [0.15, 0.2) is 0 Å². The Labute approximate surface area is 141 Å². The van der Waals surface area contributed by atoms with E-state index in [-0.39, 0.29) is 21.4 Å². The lowest BCUT2D eigenvalue weighted by atomic mass is 10.2. The van der Waals surface area contributed by atoms with Crippen LogP contribution in [0, 0.1) is 5.82 Å². The Morgan fingerprint density at radius 3 is 2.58 bits per heavy atom. The van der Waals surface area contributed by atoms with Crippen molar-refractivity contribution in [3.05, 3.63) is 59.1 Å². The van der Waals surface area contributed by atoms with Gasteiger partial charge in [-0.3, -0.25) is 9.52 Å². The third kappa shape index (κ3) is 2.81. The van der Waals surface area contributed by atoms with Crippen molar-refractivity contribution in [2.45, 2.75) is 4.90 Å². The van der Waals surface area contributed by atoms with Crippen LogP contribution < -0.4 is 10.5 Å². The van der Waals surface area contributed by atoms with Crippen LogP contribution in [0.15, 0.2) is 51.8 Å². The summed E-state index contributed by atoms with van der Waals surface area (Å²) in [6.07, 6.45) is 0. The van der Waals surface area contributed by atoms with Crippen molar-refractivity contribution in [2.75, 3.05) is 4.72 Å². The first-order chi connectivity index (χ1) is 11.3. The molecule has 1 heterocycles. The standard InChI is InChI=1S/C15H10ClFN2O4S/c16-10-7-8(5-6-11(10)17)24(21,22)19-13-9-3-1-2-4-12(9)23-14(13)15(18)20/h1-7,19H,(H2,18,20). The minimum Gasteiger partial charge on any atom is -0.449 e. The summed E-state index contributed by atoms with van der Waals surface area (Å²) in [4.78, 5) is 11.3. The van der Waals surface area contributed by atoms with Gasteiger partial charge < -0.3 is 10.2 Å². The lowest BCUT2D eigenvalue weighted by Crippen LogP contribution is -2.17. The smallest absolute Gasteiger partial charge is 0.286 e. The molecule has 0 aliphatic rings. The van der Waals surface area contributed by atoms with E-state index < -0.39 is 21.7 Å². The number of carbonyl (C=O) groups is 1. The number of furan rings is 1. The number of nitrogens with one attached hydrogen (secondary N) is 1. The third-order valence-corrected chi connectivity index (χ3v) is 4.89. The lowest BCUT2D eigenvalue weighted by Gasteiger charge is -2.08. The van der Waals surface area contributed by atoms with Gasteiger partial charge in [0.1, 0.15) is 17.1 Å². The molecule has 1 aromatic heterocycles. The molecule has 0 radical (unpaired) electrons. The predicted octanol–water partition coefficient (Wildman–Crippen LogP) is 3.13.